The molecule has 1 aliphatic heterocycles. The van der Waals surface area contributed by atoms with E-state index in [-0.39, 0.29) is 17.4 Å². The van der Waals surface area contributed by atoms with Crippen molar-refractivity contribution in [2.45, 2.75) is 13.0 Å². The maximum absolute atomic E-state index is 12.6. The van der Waals surface area contributed by atoms with E-state index in [1.165, 1.54) is 10.7 Å². The molecule has 7 heteroatoms. The molecular formula is C20H21N5O2. The van der Waals surface area contributed by atoms with Gasteiger partial charge in [-0.25, -0.2) is 4.68 Å². The van der Waals surface area contributed by atoms with E-state index in [0.29, 0.717) is 25.2 Å². The molecule has 0 spiro atoms. The zero-order valence-corrected chi connectivity index (χ0v) is 15.2. The van der Waals surface area contributed by atoms with Crippen molar-refractivity contribution < 1.29 is 4.79 Å². The zero-order valence-electron chi connectivity index (χ0n) is 15.2. The van der Waals surface area contributed by atoms with E-state index < -0.39 is 0 Å². The van der Waals surface area contributed by atoms with Gasteiger partial charge >= 0.3 is 0 Å². The molecule has 0 radical (unpaired) electrons. The minimum Gasteiger partial charge on any atom is -0.338 e. The number of rotatable bonds is 4. The molecule has 1 atom stereocenters. The summed E-state index contributed by atoms with van der Waals surface area (Å²) in [6.45, 7) is 1.85. The van der Waals surface area contributed by atoms with Crippen LogP contribution < -0.4 is 5.56 Å². The van der Waals surface area contributed by atoms with Gasteiger partial charge in [-0.15, -0.1) is 0 Å². The first-order valence-corrected chi connectivity index (χ1v) is 9.01. The summed E-state index contributed by atoms with van der Waals surface area (Å²) in [6, 6.07) is 12.6. The lowest BCUT2D eigenvalue weighted by molar-refractivity contribution is 0.0785. The number of carbonyl (C=O) groups excluding carboxylic acids is 1. The van der Waals surface area contributed by atoms with E-state index >= 15 is 0 Å². The minimum atomic E-state index is -0.129. The van der Waals surface area contributed by atoms with Crippen LogP contribution in [0.1, 0.15) is 16.8 Å². The molecule has 2 aromatic heterocycles. The molecular weight excluding hydrogens is 342 g/mol. The van der Waals surface area contributed by atoms with Gasteiger partial charge in [0.2, 0.25) is 0 Å². The summed E-state index contributed by atoms with van der Waals surface area (Å²) in [4.78, 5) is 26.7. The Balaban J connectivity index is 1.47. The molecule has 1 aliphatic rings. The minimum absolute atomic E-state index is 0.0440. The molecule has 0 bridgehead atoms. The fourth-order valence-corrected chi connectivity index (χ4v) is 3.46. The van der Waals surface area contributed by atoms with Crippen LogP contribution in [0.5, 0.6) is 0 Å². The van der Waals surface area contributed by atoms with Gasteiger partial charge in [0.1, 0.15) is 0 Å². The van der Waals surface area contributed by atoms with Crippen molar-refractivity contribution in [1.82, 2.24) is 24.5 Å². The number of nitrogens with zero attached hydrogens (tertiary/aromatic N) is 5. The molecule has 138 valence electrons. The van der Waals surface area contributed by atoms with Crippen LogP contribution in [0.15, 0.2) is 59.7 Å². The highest BCUT2D eigenvalue weighted by atomic mass is 16.2. The quantitative estimate of drug-likeness (QED) is 0.709. The second-order valence-electron chi connectivity index (χ2n) is 6.91. The molecule has 27 heavy (non-hydrogen) atoms. The highest BCUT2D eigenvalue weighted by Crippen LogP contribution is 2.20. The first kappa shape index (κ1) is 17.2. The average Bonchev–Trinajstić information content (AvgIpc) is 3.33. The maximum Gasteiger partial charge on any atom is 0.266 e. The number of hydrogen-bond acceptors (Lipinski definition) is 4. The van der Waals surface area contributed by atoms with Crippen molar-refractivity contribution in [1.29, 1.82) is 0 Å². The van der Waals surface area contributed by atoms with Crippen LogP contribution in [-0.4, -0.2) is 43.5 Å². The van der Waals surface area contributed by atoms with E-state index in [1.807, 2.05) is 48.5 Å². The molecule has 1 amide bonds. The van der Waals surface area contributed by atoms with Crippen LogP contribution >= 0.6 is 0 Å². The van der Waals surface area contributed by atoms with Crippen molar-refractivity contribution in [2.24, 2.45) is 13.0 Å². The van der Waals surface area contributed by atoms with Gasteiger partial charge in [-0.05, 0) is 30.5 Å². The van der Waals surface area contributed by atoms with Crippen LogP contribution in [0.25, 0.3) is 11.3 Å². The van der Waals surface area contributed by atoms with Crippen molar-refractivity contribution in [3.8, 4) is 11.3 Å². The first-order valence-electron chi connectivity index (χ1n) is 9.01. The van der Waals surface area contributed by atoms with Gasteiger partial charge in [0, 0.05) is 50.1 Å². The predicted molar refractivity (Wildman–Crippen MR) is 101 cm³/mol. The van der Waals surface area contributed by atoms with Gasteiger partial charge in [0.15, 0.2) is 0 Å². The normalized spacial score (nSPS) is 16.6. The third-order valence-corrected chi connectivity index (χ3v) is 4.89. The van der Waals surface area contributed by atoms with Gasteiger partial charge in [-0.1, -0.05) is 18.2 Å². The number of amides is 1. The van der Waals surface area contributed by atoms with Gasteiger partial charge in [-0.2, -0.15) is 10.2 Å². The molecule has 1 fully saturated rings. The van der Waals surface area contributed by atoms with Gasteiger partial charge in [-0.3, -0.25) is 14.3 Å². The van der Waals surface area contributed by atoms with Crippen LogP contribution in [0.4, 0.5) is 0 Å². The number of aromatic nitrogens is 4. The molecule has 0 saturated carbocycles. The van der Waals surface area contributed by atoms with Crippen molar-refractivity contribution in [2.75, 3.05) is 13.1 Å². The molecule has 1 aromatic carbocycles. The Bertz CT molecular complexity index is 1010. The molecule has 4 rings (SSSR count). The fourth-order valence-electron chi connectivity index (χ4n) is 3.46. The lowest BCUT2D eigenvalue weighted by atomic mass is 10.1. The summed E-state index contributed by atoms with van der Waals surface area (Å²) < 4.78 is 3.21. The third kappa shape index (κ3) is 3.67. The Labute approximate surface area is 156 Å². The zero-order chi connectivity index (χ0) is 18.8. The Hall–Kier alpha value is -3.22. The van der Waals surface area contributed by atoms with Crippen LogP contribution in [0.2, 0.25) is 0 Å². The van der Waals surface area contributed by atoms with Crippen LogP contribution in [-0.2, 0) is 13.6 Å². The fraction of sp³-hybridized carbons (Fsp3) is 0.300. The molecule has 0 aliphatic carbocycles. The van der Waals surface area contributed by atoms with Crippen LogP contribution in [0, 0.1) is 5.92 Å². The first-order chi connectivity index (χ1) is 13.1. The molecule has 3 aromatic rings. The Morgan fingerprint density at radius 3 is 2.74 bits per heavy atom. The number of hydrogen-bond donors (Lipinski definition) is 0. The molecule has 1 saturated heterocycles. The largest absolute Gasteiger partial charge is 0.338 e. The van der Waals surface area contributed by atoms with E-state index in [9.17, 15) is 9.59 Å². The summed E-state index contributed by atoms with van der Waals surface area (Å²) in [5.41, 5.74) is 2.17. The molecule has 1 unspecified atom stereocenters. The predicted octanol–water partition coefficient (Wildman–Crippen LogP) is 1.81. The van der Waals surface area contributed by atoms with Crippen molar-refractivity contribution in [3.05, 3.63) is 70.8 Å². The highest BCUT2D eigenvalue weighted by molar-refractivity contribution is 5.94. The lowest BCUT2D eigenvalue weighted by Crippen LogP contribution is -2.31. The number of carbonyl (C=O) groups is 1. The standard InChI is InChI=1S/C20H21N5O2/c1-23-14-17(11-21-23)18-7-8-19(26)25(22-18)13-15-9-10-24(12-15)20(27)16-5-3-2-4-6-16/h2-8,11,14-15H,9-10,12-13H2,1H3. The summed E-state index contributed by atoms with van der Waals surface area (Å²) in [5.74, 6) is 0.259. The molecule has 0 N–H and O–H groups in total. The third-order valence-electron chi connectivity index (χ3n) is 4.89. The Morgan fingerprint density at radius 2 is 2.00 bits per heavy atom. The molecule has 3 heterocycles. The van der Waals surface area contributed by atoms with E-state index in [0.717, 1.165) is 17.7 Å². The van der Waals surface area contributed by atoms with Gasteiger partial charge in [0.25, 0.3) is 11.5 Å². The monoisotopic (exact) mass is 363 g/mol. The topological polar surface area (TPSA) is 73.0 Å². The second kappa shape index (κ2) is 7.19. The number of benzene rings is 1. The Morgan fingerprint density at radius 1 is 1.19 bits per heavy atom. The van der Waals surface area contributed by atoms with E-state index in [1.54, 1.807) is 16.9 Å². The summed E-state index contributed by atoms with van der Waals surface area (Å²) in [6.07, 6.45) is 4.46. The lowest BCUT2D eigenvalue weighted by Gasteiger charge is -2.17. The summed E-state index contributed by atoms with van der Waals surface area (Å²) in [5, 5.41) is 8.65. The highest BCUT2D eigenvalue weighted by Gasteiger charge is 2.27. The Kier molecular flexibility index (Phi) is 4.58. The van der Waals surface area contributed by atoms with Gasteiger partial charge in [0.05, 0.1) is 11.9 Å². The number of aryl methyl sites for hydroxylation is 1. The van der Waals surface area contributed by atoms with E-state index in [4.69, 9.17) is 0 Å². The van der Waals surface area contributed by atoms with Crippen molar-refractivity contribution in [3.63, 3.8) is 0 Å². The summed E-state index contributed by atoms with van der Waals surface area (Å²) in [7, 11) is 1.84. The smallest absolute Gasteiger partial charge is 0.266 e. The average molecular weight is 363 g/mol. The number of likely N-dealkylation sites (tertiary alicyclic amines) is 1. The SMILES string of the molecule is Cn1cc(-c2ccc(=O)n(CC3CCN(C(=O)c4ccccc4)C3)n2)cn1. The van der Waals surface area contributed by atoms with Crippen molar-refractivity contribution >= 4 is 5.91 Å². The second-order valence-corrected chi connectivity index (χ2v) is 6.91. The van der Waals surface area contributed by atoms with Crippen LogP contribution in [0.3, 0.4) is 0 Å². The van der Waals surface area contributed by atoms with Gasteiger partial charge < -0.3 is 4.90 Å². The van der Waals surface area contributed by atoms with E-state index in [2.05, 4.69) is 10.2 Å². The summed E-state index contributed by atoms with van der Waals surface area (Å²) >= 11 is 0. The molecule has 7 nitrogen and oxygen atoms in total. The maximum atomic E-state index is 12.6.